The second-order valence-electron chi connectivity index (χ2n) is 9.23. The third-order valence-electron chi connectivity index (χ3n) is 6.88. The second kappa shape index (κ2) is 12.0. The maximum Gasteiger partial charge on any atom is 0.324 e. The van der Waals surface area contributed by atoms with Crippen LogP contribution in [-0.2, 0) is 21.5 Å². The molecule has 33 heavy (non-hydrogen) atoms. The van der Waals surface area contributed by atoms with Crippen molar-refractivity contribution in [2.24, 2.45) is 5.92 Å². The van der Waals surface area contributed by atoms with E-state index in [1.165, 1.54) is 5.56 Å². The molecular weight excluding hydrogens is 410 g/mol. The van der Waals surface area contributed by atoms with Crippen LogP contribution < -0.4 is 0 Å². The first kappa shape index (κ1) is 25.0. The summed E-state index contributed by atoms with van der Waals surface area (Å²) in [6, 6.07) is 22.8. The van der Waals surface area contributed by atoms with E-state index in [1.807, 2.05) is 43.3 Å². The summed E-state index contributed by atoms with van der Waals surface area (Å²) >= 11 is 0. The van der Waals surface area contributed by atoms with Crippen LogP contribution in [0.15, 0.2) is 60.7 Å². The van der Waals surface area contributed by atoms with Crippen LogP contribution in [0.25, 0.3) is 0 Å². The van der Waals surface area contributed by atoms with E-state index in [2.05, 4.69) is 54.0 Å². The predicted octanol–water partition coefficient (Wildman–Crippen LogP) is 4.63. The van der Waals surface area contributed by atoms with Crippen LogP contribution in [-0.4, -0.2) is 54.6 Å². The molecule has 0 aromatic heterocycles. The average molecular weight is 448 g/mol. The van der Waals surface area contributed by atoms with Crippen LogP contribution in [0, 0.1) is 17.2 Å². The van der Waals surface area contributed by atoms with Crippen molar-refractivity contribution in [1.82, 2.24) is 9.80 Å². The van der Waals surface area contributed by atoms with Gasteiger partial charge < -0.3 is 4.74 Å². The van der Waals surface area contributed by atoms with Gasteiger partial charge in [-0.3, -0.25) is 14.6 Å². The largest absolute Gasteiger partial charge is 0.465 e. The molecule has 0 saturated carbocycles. The molecule has 1 heterocycles. The van der Waals surface area contributed by atoms with Crippen LogP contribution in [0.2, 0.25) is 0 Å². The normalized spacial score (nSPS) is 19.1. The van der Waals surface area contributed by atoms with Gasteiger partial charge in [-0.1, -0.05) is 74.5 Å². The molecule has 176 valence electrons. The first-order valence-corrected chi connectivity index (χ1v) is 12.1. The molecule has 5 heteroatoms. The quantitative estimate of drug-likeness (QED) is 0.497. The van der Waals surface area contributed by atoms with Crippen molar-refractivity contribution >= 4 is 5.97 Å². The van der Waals surface area contributed by atoms with Crippen molar-refractivity contribution in [3.63, 3.8) is 0 Å². The Morgan fingerprint density at radius 3 is 2.39 bits per heavy atom. The monoisotopic (exact) mass is 447 g/mol. The molecule has 0 N–H and O–H groups in total. The van der Waals surface area contributed by atoms with Gasteiger partial charge in [0.15, 0.2) is 0 Å². The summed E-state index contributed by atoms with van der Waals surface area (Å²) < 4.78 is 5.41. The number of carbonyl (C=O) groups is 1. The minimum atomic E-state index is -0.489. The summed E-state index contributed by atoms with van der Waals surface area (Å²) in [5, 5.41) is 10.2. The summed E-state index contributed by atoms with van der Waals surface area (Å²) in [6.45, 7) is 10.5. The number of nitriles is 1. The van der Waals surface area contributed by atoms with Crippen LogP contribution >= 0.6 is 0 Å². The number of nitrogens with zero attached hydrogens (tertiary/aromatic N) is 3. The molecule has 0 aliphatic carbocycles. The Bertz CT molecular complexity index is 910. The standard InChI is InChI=1S/C28H37N3O2/c1-4-33-27(32)26-21-30(18-19-31(26)20-24-12-7-5-8-13-24)17-11-16-28(22-29,23(2)3)25-14-9-6-10-15-25/h5-10,12-15,23,26H,4,11,16-21H2,1-3H3. The van der Waals surface area contributed by atoms with Gasteiger partial charge in [-0.15, -0.1) is 0 Å². The zero-order chi connectivity index (χ0) is 23.7. The van der Waals surface area contributed by atoms with Crippen LogP contribution in [0.5, 0.6) is 0 Å². The first-order chi connectivity index (χ1) is 16.0. The number of hydrogen-bond acceptors (Lipinski definition) is 5. The average Bonchev–Trinajstić information content (AvgIpc) is 2.84. The van der Waals surface area contributed by atoms with Gasteiger partial charge in [-0.2, -0.15) is 5.26 Å². The summed E-state index contributed by atoms with van der Waals surface area (Å²) in [5.41, 5.74) is 1.81. The molecule has 5 nitrogen and oxygen atoms in total. The molecular formula is C28H37N3O2. The second-order valence-corrected chi connectivity index (χ2v) is 9.23. The molecule has 2 aromatic carbocycles. The minimum absolute atomic E-state index is 0.143. The molecule has 0 spiro atoms. The zero-order valence-electron chi connectivity index (χ0n) is 20.2. The summed E-state index contributed by atoms with van der Waals surface area (Å²) in [6.07, 6.45) is 1.72. The van der Waals surface area contributed by atoms with Gasteiger partial charge in [-0.05, 0) is 43.4 Å². The SMILES string of the molecule is CCOC(=O)C1CN(CCCC(C#N)(c2ccccc2)C(C)C)CCN1Cc1ccccc1. The third-order valence-corrected chi connectivity index (χ3v) is 6.88. The van der Waals surface area contributed by atoms with E-state index in [0.29, 0.717) is 13.2 Å². The number of ether oxygens (including phenoxy) is 1. The molecule has 2 atom stereocenters. The van der Waals surface area contributed by atoms with E-state index < -0.39 is 5.41 Å². The molecule has 0 amide bonds. The first-order valence-electron chi connectivity index (χ1n) is 12.1. The summed E-state index contributed by atoms with van der Waals surface area (Å²) in [4.78, 5) is 17.4. The lowest BCUT2D eigenvalue weighted by Crippen LogP contribution is -2.56. The van der Waals surface area contributed by atoms with Gasteiger partial charge in [0, 0.05) is 26.2 Å². The maximum atomic E-state index is 12.8. The van der Waals surface area contributed by atoms with Gasteiger partial charge in [0.2, 0.25) is 0 Å². The van der Waals surface area contributed by atoms with Gasteiger partial charge in [-0.25, -0.2) is 0 Å². The van der Waals surface area contributed by atoms with E-state index in [-0.39, 0.29) is 17.9 Å². The Labute approximate surface area is 199 Å². The Hall–Kier alpha value is -2.68. The fourth-order valence-corrected chi connectivity index (χ4v) is 4.88. The van der Waals surface area contributed by atoms with Gasteiger partial charge >= 0.3 is 5.97 Å². The lowest BCUT2D eigenvalue weighted by atomic mass is 9.70. The maximum absolute atomic E-state index is 12.8. The molecule has 2 unspecified atom stereocenters. The van der Waals surface area contributed by atoms with E-state index in [0.717, 1.165) is 44.6 Å². The van der Waals surface area contributed by atoms with Gasteiger partial charge in [0.25, 0.3) is 0 Å². The number of esters is 1. The highest BCUT2D eigenvalue weighted by Gasteiger charge is 2.37. The van der Waals surface area contributed by atoms with E-state index in [9.17, 15) is 10.1 Å². The molecule has 3 rings (SSSR count). The number of rotatable bonds is 10. The molecule has 0 radical (unpaired) electrons. The van der Waals surface area contributed by atoms with Gasteiger partial charge in [0.1, 0.15) is 6.04 Å². The highest BCUT2D eigenvalue weighted by atomic mass is 16.5. The lowest BCUT2D eigenvalue weighted by Gasteiger charge is -2.40. The Balaban J connectivity index is 1.64. The Morgan fingerprint density at radius 2 is 1.79 bits per heavy atom. The third kappa shape index (κ3) is 6.22. The topological polar surface area (TPSA) is 56.6 Å². The lowest BCUT2D eigenvalue weighted by molar-refractivity contribution is -0.152. The molecule has 1 fully saturated rings. The van der Waals surface area contributed by atoms with Crippen molar-refractivity contribution in [2.75, 3.05) is 32.8 Å². The minimum Gasteiger partial charge on any atom is -0.465 e. The van der Waals surface area contributed by atoms with Crippen molar-refractivity contribution in [3.05, 3.63) is 71.8 Å². The fraction of sp³-hybridized carbons (Fsp3) is 0.500. The van der Waals surface area contributed by atoms with Gasteiger partial charge in [0.05, 0.1) is 18.1 Å². The highest BCUT2D eigenvalue weighted by Crippen LogP contribution is 2.36. The van der Waals surface area contributed by atoms with Crippen molar-refractivity contribution < 1.29 is 9.53 Å². The number of benzene rings is 2. The van der Waals surface area contributed by atoms with Crippen LogP contribution in [0.1, 0.15) is 44.7 Å². The van der Waals surface area contributed by atoms with Crippen LogP contribution in [0.3, 0.4) is 0 Å². The molecule has 2 aromatic rings. The van der Waals surface area contributed by atoms with Crippen molar-refractivity contribution in [2.45, 2.75) is 51.6 Å². The smallest absolute Gasteiger partial charge is 0.324 e. The van der Waals surface area contributed by atoms with E-state index >= 15 is 0 Å². The van der Waals surface area contributed by atoms with Crippen molar-refractivity contribution in [1.29, 1.82) is 5.26 Å². The number of hydrogen-bond donors (Lipinski definition) is 0. The zero-order valence-corrected chi connectivity index (χ0v) is 20.2. The highest BCUT2D eigenvalue weighted by molar-refractivity contribution is 5.76. The summed E-state index contributed by atoms with van der Waals surface area (Å²) in [5.74, 6) is 0.0795. The van der Waals surface area contributed by atoms with Crippen molar-refractivity contribution in [3.8, 4) is 6.07 Å². The number of carbonyl (C=O) groups excluding carboxylic acids is 1. The van der Waals surface area contributed by atoms with E-state index in [4.69, 9.17) is 4.74 Å². The predicted molar refractivity (Wildman–Crippen MR) is 132 cm³/mol. The molecule has 1 saturated heterocycles. The molecule has 0 bridgehead atoms. The van der Waals surface area contributed by atoms with E-state index in [1.54, 1.807) is 0 Å². The fourth-order valence-electron chi connectivity index (χ4n) is 4.88. The Kier molecular flexibility index (Phi) is 9.05. The molecule has 1 aliphatic heterocycles. The summed E-state index contributed by atoms with van der Waals surface area (Å²) in [7, 11) is 0. The molecule has 1 aliphatic rings. The Morgan fingerprint density at radius 1 is 1.12 bits per heavy atom. The van der Waals surface area contributed by atoms with Crippen LogP contribution in [0.4, 0.5) is 0 Å². The number of piperazine rings is 1.